The van der Waals surface area contributed by atoms with Crippen LogP contribution < -0.4 is 5.73 Å². The highest BCUT2D eigenvalue weighted by Crippen LogP contribution is 2.29. The quantitative estimate of drug-likeness (QED) is 0.876. The lowest BCUT2D eigenvalue weighted by molar-refractivity contribution is 0.530. The summed E-state index contributed by atoms with van der Waals surface area (Å²) in [5.41, 5.74) is 6.17. The molecular formula is C11H10ClFN2O. The summed E-state index contributed by atoms with van der Waals surface area (Å²) >= 11 is 5.81. The Kier molecular flexibility index (Phi) is 2.83. The lowest BCUT2D eigenvalue weighted by Crippen LogP contribution is -1.89. The zero-order chi connectivity index (χ0) is 11.7. The first-order valence-corrected chi connectivity index (χ1v) is 5.20. The van der Waals surface area contributed by atoms with Gasteiger partial charge in [0.15, 0.2) is 0 Å². The van der Waals surface area contributed by atoms with Crippen molar-refractivity contribution < 1.29 is 8.81 Å². The Hall–Kier alpha value is -1.55. The molecule has 3 nitrogen and oxygen atoms in total. The normalized spacial score (nSPS) is 10.7. The number of oxazole rings is 1. The molecule has 16 heavy (non-hydrogen) atoms. The van der Waals surface area contributed by atoms with Crippen molar-refractivity contribution >= 4 is 17.6 Å². The zero-order valence-corrected chi connectivity index (χ0v) is 9.38. The molecule has 0 aliphatic carbocycles. The molecule has 1 heterocycles. The van der Waals surface area contributed by atoms with E-state index in [1.807, 2.05) is 6.92 Å². The highest BCUT2D eigenvalue weighted by Gasteiger charge is 2.15. The Bertz CT molecular complexity index is 525. The number of hydrogen-bond donors (Lipinski definition) is 1. The van der Waals surface area contributed by atoms with E-state index in [1.165, 1.54) is 18.2 Å². The molecule has 0 bridgehead atoms. The smallest absolute Gasteiger partial charge is 0.292 e. The maximum atomic E-state index is 13.6. The summed E-state index contributed by atoms with van der Waals surface area (Å²) in [7, 11) is 0. The van der Waals surface area contributed by atoms with Gasteiger partial charge in [-0.2, -0.15) is 4.98 Å². The average molecular weight is 241 g/mol. The Morgan fingerprint density at radius 1 is 1.50 bits per heavy atom. The van der Waals surface area contributed by atoms with Gasteiger partial charge in [-0.05, 0) is 18.2 Å². The van der Waals surface area contributed by atoms with E-state index in [2.05, 4.69) is 4.98 Å². The third-order valence-electron chi connectivity index (χ3n) is 2.22. The highest BCUT2D eigenvalue weighted by atomic mass is 35.5. The fourth-order valence-corrected chi connectivity index (χ4v) is 1.67. The van der Waals surface area contributed by atoms with Gasteiger partial charge in [0, 0.05) is 17.0 Å². The van der Waals surface area contributed by atoms with Gasteiger partial charge in [-0.25, -0.2) is 4.39 Å². The van der Waals surface area contributed by atoms with E-state index in [-0.39, 0.29) is 6.01 Å². The molecule has 0 saturated carbocycles. The zero-order valence-electron chi connectivity index (χ0n) is 8.63. The third kappa shape index (κ3) is 1.88. The number of nitrogens with two attached hydrogens (primary N) is 1. The van der Waals surface area contributed by atoms with Gasteiger partial charge in [0.25, 0.3) is 6.01 Å². The number of aryl methyl sites for hydroxylation is 1. The molecule has 0 fully saturated rings. The maximum absolute atomic E-state index is 13.6. The second kappa shape index (κ2) is 4.14. The van der Waals surface area contributed by atoms with Crippen LogP contribution >= 0.6 is 11.6 Å². The van der Waals surface area contributed by atoms with Gasteiger partial charge in [0.1, 0.15) is 17.3 Å². The van der Waals surface area contributed by atoms with Crippen LogP contribution in [0.25, 0.3) is 11.3 Å². The summed E-state index contributed by atoms with van der Waals surface area (Å²) in [4.78, 5) is 3.97. The van der Waals surface area contributed by atoms with Crippen LogP contribution in [0, 0.1) is 5.82 Å². The van der Waals surface area contributed by atoms with E-state index in [1.54, 1.807) is 0 Å². The Morgan fingerprint density at radius 3 is 2.94 bits per heavy atom. The molecule has 2 aromatic rings. The number of rotatable bonds is 2. The van der Waals surface area contributed by atoms with Gasteiger partial charge in [0.2, 0.25) is 0 Å². The topological polar surface area (TPSA) is 52.0 Å². The van der Waals surface area contributed by atoms with Crippen LogP contribution in [0.1, 0.15) is 12.7 Å². The molecular weight excluding hydrogens is 231 g/mol. The largest absolute Gasteiger partial charge is 0.428 e. The minimum atomic E-state index is -0.396. The van der Waals surface area contributed by atoms with Crippen LogP contribution in [0.4, 0.5) is 10.4 Å². The van der Waals surface area contributed by atoms with Crippen molar-refractivity contribution in [3.8, 4) is 11.3 Å². The van der Waals surface area contributed by atoms with Gasteiger partial charge in [-0.1, -0.05) is 18.5 Å². The number of benzene rings is 1. The van der Waals surface area contributed by atoms with Crippen LogP contribution in [-0.4, -0.2) is 4.98 Å². The number of nitrogen functional groups attached to an aromatic ring is 1. The van der Waals surface area contributed by atoms with Crippen molar-refractivity contribution in [1.29, 1.82) is 0 Å². The van der Waals surface area contributed by atoms with Gasteiger partial charge in [-0.15, -0.1) is 0 Å². The van der Waals surface area contributed by atoms with E-state index in [9.17, 15) is 4.39 Å². The average Bonchev–Trinajstić information content (AvgIpc) is 2.63. The van der Waals surface area contributed by atoms with Gasteiger partial charge in [0.05, 0.1) is 0 Å². The molecule has 0 spiro atoms. The summed E-state index contributed by atoms with van der Waals surface area (Å²) in [6.07, 6.45) is 0.589. The van der Waals surface area contributed by atoms with Crippen LogP contribution in [-0.2, 0) is 6.42 Å². The molecule has 1 aromatic carbocycles. The number of anilines is 1. The first-order chi connectivity index (χ1) is 7.61. The predicted molar refractivity (Wildman–Crippen MR) is 60.7 cm³/mol. The van der Waals surface area contributed by atoms with Crippen molar-refractivity contribution in [3.63, 3.8) is 0 Å². The molecule has 2 rings (SSSR count). The Balaban J connectivity index is 2.61. The van der Waals surface area contributed by atoms with E-state index in [0.717, 1.165) is 0 Å². The Morgan fingerprint density at radius 2 is 2.25 bits per heavy atom. The molecule has 84 valence electrons. The van der Waals surface area contributed by atoms with Crippen molar-refractivity contribution in [1.82, 2.24) is 4.98 Å². The van der Waals surface area contributed by atoms with Gasteiger partial charge in [-0.3, -0.25) is 0 Å². The summed E-state index contributed by atoms with van der Waals surface area (Å²) in [5.74, 6) is 0.158. The second-order valence-electron chi connectivity index (χ2n) is 3.30. The fourth-order valence-electron chi connectivity index (χ4n) is 1.50. The molecule has 0 unspecified atom stereocenters. The summed E-state index contributed by atoms with van der Waals surface area (Å²) in [6, 6.07) is 4.32. The monoisotopic (exact) mass is 240 g/mol. The van der Waals surface area contributed by atoms with Crippen molar-refractivity contribution in [2.45, 2.75) is 13.3 Å². The summed E-state index contributed by atoms with van der Waals surface area (Å²) in [6.45, 7) is 1.88. The number of aromatic nitrogens is 1. The van der Waals surface area contributed by atoms with Gasteiger partial charge < -0.3 is 10.2 Å². The molecule has 0 saturated heterocycles. The fraction of sp³-hybridized carbons (Fsp3) is 0.182. The molecule has 0 radical (unpaired) electrons. The second-order valence-corrected chi connectivity index (χ2v) is 3.74. The first-order valence-electron chi connectivity index (χ1n) is 4.82. The molecule has 1 aromatic heterocycles. The van der Waals surface area contributed by atoms with Crippen LogP contribution in [0.2, 0.25) is 5.02 Å². The third-order valence-corrected chi connectivity index (χ3v) is 2.45. The minimum absolute atomic E-state index is 0.0335. The molecule has 2 N–H and O–H groups in total. The van der Waals surface area contributed by atoms with Crippen LogP contribution in [0.15, 0.2) is 22.6 Å². The number of nitrogens with zero attached hydrogens (tertiary/aromatic N) is 1. The molecule has 0 atom stereocenters. The lowest BCUT2D eigenvalue weighted by Gasteiger charge is -2.01. The van der Waals surface area contributed by atoms with Crippen molar-refractivity contribution in [2.24, 2.45) is 0 Å². The van der Waals surface area contributed by atoms with Crippen LogP contribution in [0.3, 0.4) is 0 Å². The maximum Gasteiger partial charge on any atom is 0.292 e. The first kappa shape index (κ1) is 11.0. The standard InChI is InChI=1S/C11H10ClFN2O/c1-2-9-10(15-11(14)16-9)7-5-6(12)3-4-8(7)13/h3-5H,2H2,1H3,(H2,14,15). The van der Waals surface area contributed by atoms with E-state index in [0.29, 0.717) is 28.5 Å². The molecule has 0 aliphatic rings. The number of halogens is 2. The van der Waals surface area contributed by atoms with Crippen molar-refractivity contribution in [3.05, 3.63) is 34.8 Å². The van der Waals surface area contributed by atoms with Crippen molar-refractivity contribution in [2.75, 3.05) is 5.73 Å². The molecule has 0 aliphatic heterocycles. The summed E-state index contributed by atoms with van der Waals surface area (Å²) in [5, 5.41) is 0.444. The minimum Gasteiger partial charge on any atom is -0.428 e. The van der Waals surface area contributed by atoms with E-state index < -0.39 is 5.82 Å². The molecule has 5 heteroatoms. The molecule has 0 amide bonds. The van der Waals surface area contributed by atoms with E-state index in [4.69, 9.17) is 21.8 Å². The lowest BCUT2D eigenvalue weighted by atomic mass is 10.1. The summed E-state index contributed by atoms with van der Waals surface area (Å²) < 4.78 is 18.8. The number of hydrogen-bond acceptors (Lipinski definition) is 3. The highest BCUT2D eigenvalue weighted by molar-refractivity contribution is 6.30. The van der Waals surface area contributed by atoms with E-state index >= 15 is 0 Å². The SMILES string of the molecule is CCc1oc(N)nc1-c1cc(Cl)ccc1F. The Labute approximate surface area is 97.0 Å². The van der Waals surface area contributed by atoms with Crippen LogP contribution in [0.5, 0.6) is 0 Å². The van der Waals surface area contributed by atoms with Gasteiger partial charge >= 0.3 is 0 Å². The predicted octanol–water partition coefficient (Wildman–Crippen LogP) is 3.28.